The molecule has 0 bridgehead atoms. The Morgan fingerprint density at radius 1 is 0.614 bits per heavy atom. The van der Waals surface area contributed by atoms with E-state index in [-0.39, 0.29) is 0 Å². The van der Waals surface area contributed by atoms with Crippen LogP contribution >= 0.6 is 0 Å². The summed E-state index contributed by atoms with van der Waals surface area (Å²) < 4.78 is 33.4. The van der Waals surface area contributed by atoms with Crippen molar-refractivity contribution in [3.8, 4) is 11.1 Å². The van der Waals surface area contributed by atoms with Crippen LogP contribution in [0, 0.1) is 11.8 Å². The number of hydrogen-bond acceptors (Lipinski definition) is 6. The molecule has 2 saturated carbocycles. The molecule has 240 valence electrons. The molecule has 6 heteroatoms. The second kappa shape index (κ2) is 14.7. The summed E-state index contributed by atoms with van der Waals surface area (Å²) in [6, 6.07) is 14.6. The monoisotopic (exact) mass is 604 g/mol. The molecule has 2 saturated heterocycles. The Labute approximate surface area is 264 Å². The minimum atomic E-state index is 0.314. The topological polar surface area (TPSA) is 62.0 Å². The summed E-state index contributed by atoms with van der Waals surface area (Å²) in [6.07, 6.45) is 16.0. The number of hydrogen-bond donors (Lipinski definition) is 0. The summed E-state index contributed by atoms with van der Waals surface area (Å²) in [4.78, 5) is 0. The molecule has 0 spiro atoms. The van der Waals surface area contributed by atoms with E-state index < -0.39 is 0 Å². The summed E-state index contributed by atoms with van der Waals surface area (Å²) >= 11 is 0. The first-order chi connectivity index (χ1) is 21.7. The van der Waals surface area contributed by atoms with Gasteiger partial charge in [-0.15, -0.1) is 0 Å². The molecule has 2 unspecified atom stereocenters. The quantitative estimate of drug-likeness (QED) is 0.112. The van der Waals surface area contributed by atoms with Gasteiger partial charge in [-0.1, -0.05) is 43.3 Å². The van der Waals surface area contributed by atoms with Gasteiger partial charge in [0.05, 0.1) is 38.6 Å². The van der Waals surface area contributed by atoms with E-state index in [1.807, 2.05) is 0 Å². The highest BCUT2D eigenvalue weighted by atomic mass is 16.7. The molecule has 0 N–H and O–H groups in total. The normalized spacial score (nSPS) is 30.6. The Hall–Kier alpha value is -1.80. The molecule has 7 rings (SSSR count). The fraction of sp³-hybridized carbons (Fsp3) is 0.684. The summed E-state index contributed by atoms with van der Waals surface area (Å²) in [7, 11) is 0. The van der Waals surface area contributed by atoms with Crippen LogP contribution in [0.5, 0.6) is 0 Å². The molecule has 4 fully saturated rings. The van der Waals surface area contributed by atoms with Crippen molar-refractivity contribution in [2.24, 2.45) is 11.8 Å². The van der Waals surface area contributed by atoms with E-state index in [1.165, 1.54) is 84.7 Å². The van der Waals surface area contributed by atoms with Crippen molar-refractivity contribution >= 4 is 0 Å². The standard InChI is InChI=1S/C38H52O6/c1-26-37-18-29(4-2-27-6-12-31(13-7-27)43-24-39-20-33-22-41-33)10-16-35(37)36-17-11-30(19-38(26)36)5-3-28-8-14-32(15-9-28)44-25-40-21-34-23-42-34/h10-11,16-19,26-28,31-34H,2-9,12-15,20-25H2,1H3. The predicted octanol–water partition coefficient (Wildman–Crippen LogP) is 7.58. The maximum absolute atomic E-state index is 5.96. The van der Waals surface area contributed by atoms with Crippen molar-refractivity contribution in [3.05, 3.63) is 58.7 Å². The number of epoxide rings is 2. The van der Waals surface area contributed by atoms with E-state index in [2.05, 4.69) is 43.3 Å². The molecule has 2 aromatic rings. The van der Waals surface area contributed by atoms with Crippen LogP contribution < -0.4 is 0 Å². The average molecular weight is 605 g/mol. The highest BCUT2D eigenvalue weighted by Crippen LogP contribution is 2.45. The van der Waals surface area contributed by atoms with Crippen LogP contribution in [0.2, 0.25) is 0 Å². The van der Waals surface area contributed by atoms with Gasteiger partial charge in [0.1, 0.15) is 25.8 Å². The maximum Gasteiger partial charge on any atom is 0.147 e. The first kappa shape index (κ1) is 30.8. The third-order valence-electron chi connectivity index (χ3n) is 10.9. The lowest BCUT2D eigenvalue weighted by atomic mass is 9.83. The number of fused-ring (bicyclic) bond motifs is 3. The minimum absolute atomic E-state index is 0.314. The number of aryl methyl sites for hydroxylation is 2. The van der Waals surface area contributed by atoms with E-state index in [1.54, 1.807) is 0 Å². The summed E-state index contributed by atoms with van der Waals surface area (Å²) in [5.74, 6) is 2.10. The number of rotatable bonds is 16. The third-order valence-corrected chi connectivity index (χ3v) is 10.9. The van der Waals surface area contributed by atoms with Crippen molar-refractivity contribution < 1.29 is 28.4 Å². The molecule has 44 heavy (non-hydrogen) atoms. The molecule has 0 amide bonds. The molecule has 6 nitrogen and oxygen atoms in total. The van der Waals surface area contributed by atoms with Crippen molar-refractivity contribution in [1.82, 2.24) is 0 Å². The van der Waals surface area contributed by atoms with Gasteiger partial charge in [0, 0.05) is 5.92 Å². The van der Waals surface area contributed by atoms with Gasteiger partial charge in [-0.3, -0.25) is 0 Å². The second-order valence-corrected chi connectivity index (χ2v) is 14.1. The van der Waals surface area contributed by atoms with Gasteiger partial charge in [0.15, 0.2) is 0 Å². The summed E-state index contributed by atoms with van der Waals surface area (Å²) in [6.45, 7) is 6.27. The van der Waals surface area contributed by atoms with Gasteiger partial charge >= 0.3 is 0 Å². The van der Waals surface area contributed by atoms with Crippen LogP contribution in [0.1, 0.15) is 99.3 Å². The largest absolute Gasteiger partial charge is 0.371 e. The fourth-order valence-corrected chi connectivity index (χ4v) is 7.80. The van der Waals surface area contributed by atoms with Gasteiger partial charge < -0.3 is 28.4 Å². The molecule has 0 radical (unpaired) electrons. The molecule has 2 atom stereocenters. The second-order valence-electron chi connectivity index (χ2n) is 14.1. The Bertz CT molecular complexity index is 1110. The van der Waals surface area contributed by atoms with Gasteiger partial charge in [0.25, 0.3) is 0 Å². The van der Waals surface area contributed by atoms with Crippen molar-refractivity contribution in [2.75, 3.05) is 40.0 Å². The van der Waals surface area contributed by atoms with Crippen LogP contribution in [0.25, 0.3) is 11.1 Å². The van der Waals surface area contributed by atoms with Crippen LogP contribution in [-0.4, -0.2) is 64.4 Å². The molecule has 2 aromatic carbocycles. The van der Waals surface area contributed by atoms with E-state index >= 15 is 0 Å². The first-order valence-corrected chi connectivity index (χ1v) is 17.6. The highest BCUT2D eigenvalue weighted by molar-refractivity contribution is 5.79. The van der Waals surface area contributed by atoms with Crippen LogP contribution in [0.3, 0.4) is 0 Å². The lowest BCUT2D eigenvalue weighted by Gasteiger charge is -2.28. The summed E-state index contributed by atoms with van der Waals surface area (Å²) in [5.41, 5.74) is 8.94. The molecule has 2 aliphatic heterocycles. The van der Waals surface area contributed by atoms with Crippen LogP contribution in [0.15, 0.2) is 36.4 Å². The van der Waals surface area contributed by atoms with E-state index in [9.17, 15) is 0 Å². The molecular formula is C38H52O6. The average Bonchev–Trinajstić information content (AvgIpc) is 4.01. The fourth-order valence-electron chi connectivity index (χ4n) is 7.80. The third kappa shape index (κ3) is 8.31. The van der Waals surface area contributed by atoms with Crippen LogP contribution in [-0.2, 0) is 41.3 Å². The van der Waals surface area contributed by atoms with Gasteiger partial charge in [-0.25, -0.2) is 0 Å². The Kier molecular flexibility index (Phi) is 10.3. The van der Waals surface area contributed by atoms with Gasteiger partial charge in [-0.05, 0) is 122 Å². The first-order valence-electron chi connectivity index (χ1n) is 17.6. The maximum atomic E-state index is 5.96. The molecule has 2 heterocycles. The Balaban J connectivity index is 0.831. The lowest BCUT2D eigenvalue weighted by Crippen LogP contribution is -2.23. The Morgan fingerprint density at radius 2 is 1.05 bits per heavy atom. The van der Waals surface area contributed by atoms with Gasteiger partial charge in [0.2, 0.25) is 0 Å². The zero-order chi connectivity index (χ0) is 29.7. The SMILES string of the molecule is CC1c2cc(CCC3CCC(OCOCC4CO4)CC3)ccc2-c2ccc(CCC3CCC(OCOCC4CO4)CC3)cc21. The zero-order valence-corrected chi connectivity index (χ0v) is 26.7. The van der Waals surface area contributed by atoms with E-state index in [0.29, 0.717) is 57.1 Å². The van der Waals surface area contributed by atoms with E-state index in [0.717, 1.165) is 50.7 Å². The Morgan fingerprint density at radius 3 is 1.45 bits per heavy atom. The summed E-state index contributed by atoms with van der Waals surface area (Å²) in [5, 5.41) is 0. The van der Waals surface area contributed by atoms with Crippen molar-refractivity contribution in [3.63, 3.8) is 0 Å². The predicted molar refractivity (Wildman–Crippen MR) is 171 cm³/mol. The van der Waals surface area contributed by atoms with Crippen molar-refractivity contribution in [2.45, 2.75) is 114 Å². The molecule has 5 aliphatic rings. The van der Waals surface area contributed by atoms with E-state index in [4.69, 9.17) is 28.4 Å². The lowest BCUT2D eigenvalue weighted by molar-refractivity contribution is -0.104. The minimum Gasteiger partial charge on any atom is -0.371 e. The van der Waals surface area contributed by atoms with Crippen molar-refractivity contribution in [1.29, 1.82) is 0 Å². The number of benzene rings is 2. The van der Waals surface area contributed by atoms with Crippen LogP contribution in [0.4, 0.5) is 0 Å². The van der Waals surface area contributed by atoms with Gasteiger partial charge in [-0.2, -0.15) is 0 Å². The molecule has 0 aromatic heterocycles. The smallest absolute Gasteiger partial charge is 0.147 e. The zero-order valence-electron chi connectivity index (χ0n) is 26.7. The molecule has 3 aliphatic carbocycles. The molecular weight excluding hydrogens is 552 g/mol. The highest BCUT2D eigenvalue weighted by Gasteiger charge is 2.28. The number of ether oxygens (including phenoxy) is 6.